The second kappa shape index (κ2) is 5.68. The summed E-state index contributed by atoms with van der Waals surface area (Å²) in [5.41, 5.74) is 0.694. The van der Waals surface area contributed by atoms with Gasteiger partial charge in [-0.2, -0.15) is 0 Å². The lowest BCUT2D eigenvalue weighted by Crippen LogP contribution is -2.38. The standard InChI is InChI=1S/C14H18N2O4/c17-8-11-2-1-5-16(11)7-14(18)15-10-3-4-12-13(6-10)20-9-19-12/h3-4,6,11,17H,1-2,5,7-9H2,(H,15,18)/t11-/m1/s1. The Hall–Kier alpha value is -1.79. The number of rotatable bonds is 4. The average Bonchev–Trinajstić information content (AvgIpc) is 3.06. The van der Waals surface area contributed by atoms with Gasteiger partial charge in [0.2, 0.25) is 12.7 Å². The highest BCUT2D eigenvalue weighted by molar-refractivity contribution is 5.92. The highest BCUT2D eigenvalue weighted by atomic mass is 16.7. The van der Waals surface area contributed by atoms with E-state index in [9.17, 15) is 9.90 Å². The zero-order valence-corrected chi connectivity index (χ0v) is 11.2. The van der Waals surface area contributed by atoms with Crippen molar-refractivity contribution in [1.82, 2.24) is 4.90 Å². The zero-order valence-electron chi connectivity index (χ0n) is 11.2. The molecule has 20 heavy (non-hydrogen) atoms. The molecule has 1 fully saturated rings. The minimum atomic E-state index is -0.0794. The first-order valence-electron chi connectivity index (χ1n) is 6.80. The van der Waals surface area contributed by atoms with E-state index in [0.717, 1.165) is 19.4 Å². The Kier molecular flexibility index (Phi) is 3.75. The van der Waals surface area contributed by atoms with Crippen molar-refractivity contribution in [2.75, 3.05) is 31.8 Å². The quantitative estimate of drug-likeness (QED) is 0.853. The summed E-state index contributed by atoms with van der Waals surface area (Å²) < 4.78 is 10.5. The van der Waals surface area contributed by atoms with Crippen molar-refractivity contribution in [2.24, 2.45) is 0 Å². The van der Waals surface area contributed by atoms with Gasteiger partial charge in [0, 0.05) is 17.8 Å². The van der Waals surface area contributed by atoms with Crippen LogP contribution in [-0.2, 0) is 4.79 Å². The van der Waals surface area contributed by atoms with E-state index in [1.807, 2.05) is 4.90 Å². The number of fused-ring (bicyclic) bond motifs is 1. The molecule has 0 aliphatic carbocycles. The van der Waals surface area contributed by atoms with Crippen molar-refractivity contribution >= 4 is 11.6 Å². The summed E-state index contributed by atoms with van der Waals surface area (Å²) in [6, 6.07) is 5.44. The molecule has 0 radical (unpaired) electrons. The Morgan fingerprint density at radius 2 is 2.25 bits per heavy atom. The van der Waals surface area contributed by atoms with Crippen LogP contribution in [-0.4, -0.2) is 48.4 Å². The molecule has 6 heteroatoms. The van der Waals surface area contributed by atoms with Gasteiger partial charge in [0.25, 0.3) is 0 Å². The highest BCUT2D eigenvalue weighted by Crippen LogP contribution is 2.34. The van der Waals surface area contributed by atoms with Crippen molar-refractivity contribution < 1.29 is 19.4 Å². The normalized spacial score (nSPS) is 21.1. The number of benzene rings is 1. The smallest absolute Gasteiger partial charge is 0.238 e. The number of aliphatic hydroxyl groups excluding tert-OH is 1. The van der Waals surface area contributed by atoms with Crippen LogP contribution in [0, 0.1) is 0 Å². The maximum absolute atomic E-state index is 12.0. The number of aliphatic hydroxyl groups is 1. The number of carbonyl (C=O) groups excluding carboxylic acids is 1. The molecule has 0 spiro atoms. The van der Waals surface area contributed by atoms with Crippen molar-refractivity contribution in [2.45, 2.75) is 18.9 Å². The number of hydrogen-bond donors (Lipinski definition) is 2. The molecule has 108 valence electrons. The molecule has 0 saturated carbocycles. The maximum Gasteiger partial charge on any atom is 0.238 e. The molecule has 1 aromatic carbocycles. The zero-order chi connectivity index (χ0) is 13.9. The summed E-state index contributed by atoms with van der Waals surface area (Å²) in [6.45, 7) is 1.50. The number of ether oxygens (including phenoxy) is 2. The highest BCUT2D eigenvalue weighted by Gasteiger charge is 2.25. The maximum atomic E-state index is 12.0. The topological polar surface area (TPSA) is 71.0 Å². The molecule has 0 bridgehead atoms. The van der Waals surface area contributed by atoms with Crippen molar-refractivity contribution in [3.63, 3.8) is 0 Å². The first kappa shape index (κ1) is 13.2. The number of likely N-dealkylation sites (tertiary alicyclic amines) is 1. The van der Waals surface area contributed by atoms with Crippen LogP contribution in [0.25, 0.3) is 0 Å². The lowest BCUT2D eigenvalue weighted by atomic mass is 10.2. The fourth-order valence-electron chi connectivity index (χ4n) is 2.67. The summed E-state index contributed by atoms with van der Waals surface area (Å²) in [4.78, 5) is 14.0. The SMILES string of the molecule is O=C(CN1CCC[C@@H]1CO)Nc1ccc2c(c1)OCO2. The van der Waals surface area contributed by atoms with E-state index in [1.54, 1.807) is 18.2 Å². The van der Waals surface area contributed by atoms with Gasteiger partial charge in [-0.05, 0) is 31.5 Å². The van der Waals surface area contributed by atoms with E-state index < -0.39 is 0 Å². The molecule has 1 saturated heterocycles. The van der Waals surface area contributed by atoms with E-state index in [-0.39, 0.29) is 25.3 Å². The number of carbonyl (C=O) groups is 1. The van der Waals surface area contributed by atoms with Crippen LogP contribution in [0.1, 0.15) is 12.8 Å². The molecule has 1 amide bonds. The van der Waals surface area contributed by atoms with Crippen LogP contribution in [0.2, 0.25) is 0 Å². The van der Waals surface area contributed by atoms with Crippen molar-refractivity contribution in [1.29, 1.82) is 0 Å². The Morgan fingerprint density at radius 1 is 1.40 bits per heavy atom. The van der Waals surface area contributed by atoms with Gasteiger partial charge in [0.15, 0.2) is 11.5 Å². The van der Waals surface area contributed by atoms with Gasteiger partial charge >= 0.3 is 0 Å². The number of amides is 1. The van der Waals surface area contributed by atoms with Gasteiger partial charge in [-0.25, -0.2) is 0 Å². The van der Waals surface area contributed by atoms with Gasteiger partial charge < -0.3 is 19.9 Å². The first-order valence-corrected chi connectivity index (χ1v) is 6.80. The summed E-state index contributed by atoms with van der Waals surface area (Å²) in [7, 11) is 0. The van der Waals surface area contributed by atoms with E-state index in [4.69, 9.17) is 9.47 Å². The summed E-state index contributed by atoms with van der Waals surface area (Å²) >= 11 is 0. The molecular weight excluding hydrogens is 260 g/mol. The molecule has 1 aromatic rings. The number of hydrogen-bond acceptors (Lipinski definition) is 5. The number of nitrogens with one attached hydrogen (secondary N) is 1. The Labute approximate surface area is 117 Å². The number of anilines is 1. The van der Waals surface area contributed by atoms with Crippen LogP contribution in [0.3, 0.4) is 0 Å². The molecular formula is C14H18N2O4. The van der Waals surface area contributed by atoms with Crippen molar-refractivity contribution in [3.05, 3.63) is 18.2 Å². The minimum absolute atomic E-state index is 0.0794. The third-order valence-corrected chi connectivity index (χ3v) is 3.71. The van der Waals surface area contributed by atoms with Gasteiger partial charge in [0.05, 0.1) is 13.2 Å². The van der Waals surface area contributed by atoms with Gasteiger partial charge in [0.1, 0.15) is 0 Å². The second-order valence-electron chi connectivity index (χ2n) is 5.07. The van der Waals surface area contributed by atoms with Crippen molar-refractivity contribution in [3.8, 4) is 11.5 Å². The van der Waals surface area contributed by atoms with E-state index >= 15 is 0 Å². The molecule has 6 nitrogen and oxygen atoms in total. The fourth-order valence-corrected chi connectivity index (χ4v) is 2.67. The molecule has 2 heterocycles. The largest absolute Gasteiger partial charge is 0.454 e. The molecule has 2 N–H and O–H groups in total. The lowest BCUT2D eigenvalue weighted by Gasteiger charge is -2.21. The Morgan fingerprint density at radius 3 is 3.10 bits per heavy atom. The predicted molar refractivity (Wildman–Crippen MR) is 72.9 cm³/mol. The molecule has 2 aliphatic heterocycles. The van der Waals surface area contributed by atoms with E-state index in [1.165, 1.54) is 0 Å². The average molecular weight is 278 g/mol. The monoisotopic (exact) mass is 278 g/mol. The summed E-state index contributed by atoms with van der Waals surface area (Å²) in [5, 5.41) is 12.1. The van der Waals surface area contributed by atoms with Crippen LogP contribution in [0.15, 0.2) is 18.2 Å². The van der Waals surface area contributed by atoms with Gasteiger partial charge in [-0.1, -0.05) is 0 Å². The Balaban J connectivity index is 1.59. The van der Waals surface area contributed by atoms with Gasteiger partial charge in [-0.3, -0.25) is 9.69 Å². The second-order valence-corrected chi connectivity index (χ2v) is 5.07. The fraction of sp³-hybridized carbons (Fsp3) is 0.500. The molecule has 1 atom stereocenters. The van der Waals surface area contributed by atoms with Crippen LogP contribution >= 0.6 is 0 Å². The summed E-state index contributed by atoms with van der Waals surface area (Å²) in [6.07, 6.45) is 1.98. The predicted octanol–water partition coefficient (Wildman–Crippen LogP) is 0.810. The van der Waals surface area contributed by atoms with E-state index in [2.05, 4.69) is 5.32 Å². The number of nitrogens with zero attached hydrogens (tertiary/aromatic N) is 1. The summed E-state index contributed by atoms with van der Waals surface area (Å²) in [5.74, 6) is 1.27. The first-order chi connectivity index (χ1) is 9.76. The van der Waals surface area contributed by atoms with Gasteiger partial charge in [-0.15, -0.1) is 0 Å². The minimum Gasteiger partial charge on any atom is -0.454 e. The molecule has 2 aliphatic rings. The van der Waals surface area contributed by atoms with Crippen LogP contribution in [0.4, 0.5) is 5.69 Å². The molecule has 0 unspecified atom stereocenters. The van der Waals surface area contributed by atoms with Crippen LogP contribution < -0.4 is 14.8 Å². The van der Waals surface area contributed by atoms with Crippen LogP contribution in [0.5, 0.6) is 11.5 Å². The lowest BCUT2D eigenvalue weighted by molar-refractivity contribution is -0.117. The third kappa shape index (κ3) is 2.71. The molecule has 3 rings (SSSR count). The van der Waals surface area contributed by atoms with E-state index in [0.29, 0.717) is 23.7 Å². The third-order valence-electron chi connectivity index (χ3n) is 3.71. The molecule has 0 aromatic heterocycles. The Bertz CT molecular complexity index is 506.